The average Bonchev–Trinajstić information content (AvgIpc) is 2.60. The van der Waals surface area contributed by atoms with E-state index in [9.17, 15) is 0 Å². The van der Waals surface area contributed by atoms with Gasteiger partial charge < -0.3 is 5.32 Å². The molecule has 0 atom stereocenters. The molecule has 3 heteroatoms. The molecule has 2 rings (SSSR count). The minimum Gasteiger partial charge on any atom is -0.309 e. The summed E-state index contributed by atoms with van der Waals surface area (Å²) in [6.07, 6.45) is 0. The zero-order valence-electron chi connectivity index (χ0n) is 10.1. The number of nitrogens with one attached hydrogen (secondary N) is 1. The summed E-state index contributed by atoms with van der Waals surface area (Å²) in [6.45, 7) is 6.19. The Morgan fingerprint density at radius 2 is 1.82 bits per heavy atom. The molecule has 0 spiro atoms. The molecule has 0 fully saturated rings. The standard InChI is InChI=1S/C14H16BrNS/c1-10-7-13(11(2)17-10)9-16-8-12-5-3-4-6-14(12)15/h3-7,16H,8-9H2,1-2H3. The van der Waals surface area contributed by atoms with Gasteiger partial charge in [0.1, 0.15) is 0 Å². The molecule has 0 unspecified atom stereocenters. The van der Waals surface area contributed by atoms with Gasteiger partial charge in [-0.2, -0.15) is 0 Å². The molecule has 0 radical (unpaired) electrons. The van der Waals surface area contributed by atoms with Crippen LogP contribution in [0.2, 0.25) is 0 Å². The molecule has 1 nitrogen and oxygen atoms in total. The Hall–Kier alpha value is -0.640. The van der Waals surface area contributed by atoms with E-state index in [4.69, 9.17) is 0 Å². The number of hydrogen-bond donors (Lipinski definition) is 1. The maximum atomic E-state index is 3.56. The van der Waals surface area contributed by atoms with Gasteiger partial charge in [0.2, 0.25) is 0 Å². The van der Waals surface area contributed by atoms with Crippen LogP contribution in [-0.4, -0.2) is 0 Å². The summed E-state index contributed by atoms with van der Waals surface area (Å²) in [6, 6.07) is 10.6. The van der Waals surface area contributed by atoms with Crippen LogP contribution in [0.4, 0.5) is 0 Å². The number of thiophene rings is 1. The fraction of sp³-hybridized carbons (Fsp3) is 0.286. The molecule has 90 valence electrons. The largest absolute Gasteiger partial charge is 0.309 e. The van der Waals surface area contributed by atoms with Crippen LogP contribution in [0.25, 0.3) is 0 Å². The molecular formula is C14H16BrNS. The summed E-state index contributed by atoms with van der Waals surface area (Å²) in [5, 5.41) is 3.49. The van der Waals surface area contributed by atoms with Crippen LogP contribution in [0.3, 0.4) is 0 Å². The predicted octanol–water partition coefficient (Wildman–Crippen LogP) is 4.42. The van der Waals surface area contributed by atoms with Crippen molar-refractivity contribution in [1.29, 1.82) is 0 Å². The molecule has 0 bridgehead atoms. The first-order chi connectivity index (χ1) is 8.16. The van der Waals surface area contributed by atoms with E-state index in [-0.39, 0.29) is 0 Å². The summed E-state index contributed by atoms with van der Waals surface area (Å²) in [5.41, 5.74) is 2.72. The topological polar surface area (TPSA) is 12.0 Å². The van der Waals surface area contributed by atoms with Crippen molar-refractivity contribution >= 4 is 27.3 Å². The van der Waals surface area contributed by atoms with Crippen LogP contribution < -0.4 is 5.32 Å². The Labute approximate surface area is 115 Å². The average molecular weight is 310 g/mol. The quantitative estimate of drug-likeness (QED) is 0.881. The summed E-state index contributed by atoms with van der Waals surface area (Å²) >= 11 is 5.43. The molecule has 1 heterocycles. The van der Waals surface area contributed by atoms with Crippen LogP contribution in [0, 0.1) is 13.8 Å². The fourth-order valence-corrected chi connectivity index (χ4v) is 3.20. The van der Waals surface area contributed by atoms with Crippen molar-refractivity contribution < 1.29 is 0 Å². The lowest BCUT2D eigenvalue weighted by molar-refractivity contribution is 0.691. The highest BCUT2D eigenvalue weighted by Gasteiger charge is 2.03. The Morgan fingerprint density at radius 3 is 2.47 bits per heavy atom. The van der Waals surface area contributed by atoms with Gasteiger partial charge in [0.25, 0.3) is 0 Å². The highest BCUT2D eigenvalue weighted by atomic mass is 79.9. The van der Waals surface area contributed by atoms with Crippen LogP contribution in [0.1, 0.15) is 20.9 Å². The van der Waals surface area contributed by atoms with Gasteiger partial charge in [-0.1, -0.05) is 34.1 Å². The van der Waals surface area contributed by atoms with Crippen molar-refractivity contribution in [3.63, 3.8) is 0 Å². The number of halogens is 1. The fourth-order valence-electron chi connectivity index (χ4n) is 1.83. The van der Waals surface area contributed by atoms with E-state index < -0.39 is 0 Å². The van der Waals surface area contributed by atoms with Gasteiger partial charge in [-0.15, -0.1) is 11.3 Å². The number of benzene rings is 1. The first-order valence-corrected chi connectivity index (χ1v) is 7.28. The van der Waals surface area contributed by atoms with Crippen molar-refractivity contribution in [2.45, 2.75) is 26.9 Å². The van der Waals surface area contributed by atoms with Gasteiger partial charge in [0, 0.05) is 27.3 Å². The van der Waals surface area contributed by atoms with Crippen molar-refractivity contribution in [2.24, 2.45) is 0 Å². The van der Waals surface area contributed by atoms with Crippen molar-refractivity contribution in [3.05, 3.63) is 55.7 Å². The maximum absolute atomic E-state index is 3.56. The van der Waals surface area contributed by atoms with Crippen LogP contribution in [0.15, 0.2) is 34.8 Å². The van der Waals surface area contributed by atoms with Crippen LogP contribution in [0.5, 0.6) is 0 Å². The Kier molecular flexibility index (Phi) is 4.37. The molecule has 1 N–H and O–H groups in total. The molecule has 0 aliphatic rings. The molecule has 0 saturated carbocycles. The third-order valence-electron chi connectivity index (χ3n) is 2.73. The SMILES string of the molecule is Cc1cc(CNCc2ccccc2Br)c(C)s1. The molecule has 2 aromatic rings. The minimum atomic E-state index is 0.899. The van der Waals surface area contributed by atoms with Crippen molar-refractivity contribution in [2.75, 3.05) is 0 Å². The Bertz CT molecular complexity index is 505. The molecule has 1 aromatic carbocycles. The smallest absolute Gasteiger partial charge is 0.0220 e. The lowest BCUT2D eigenvalue weighted by Crippen LogP contribution is -2.13. The zero-order valence-corrected chi connectivity index (χ0v) is 12.5. The highest BCUT2D eigenvalue weighted by molar-refractivity contribution is 9.10. The van der Waals surface area contributed by atoms with Gasteiger partial charge in [0.15, 0.2) is 0 Å². The van der Waals surface area contributed by atoms with E-state index in [2.05, 4.69) is 59.4 Å². The molecule has 17 heavy (non-hydrogen) atoms. The molecule has 0 aliphatic carbocycles. The van der Waals surface area contributed by atoms with Gasteiger partial charge in [-0.05, 0) is 37.1 Å². The molecule has 0 amide bonds. The van der Waals surface area contributed by atoms with E-state index >= 15 is 0 Å². The second-order valence-electron chi connectivity index (χ2n) is 4.13. The first-order valence-electron chi connectivity index (χ1n) is 5.67. The first kappa shape index (κ1) is 12.8. The third kappa shape index (κ3) is 3.41. The van der Waals surface area contributed by atoms with E-state index in [1.165, 1.54) is 25.4 Å². The summed E-state index contributed by atoms with van der Waals surface area (Å²) in [7, 11) is 0. The van der Waals surface area contributed by atoms with Crippen molar-refractivity contribution in [1.82, 2.24) is 5.32 Å². The van der Waals surface area contributed by atoms with E-state index in [1.54, 1.807) is 0 Å². The Morgan fingerprint density at radius 1 is 1.12 bits per heavy atom. The van der Waals surface area contributed by atoms with Gasteiger partial charge >= 0.3 is 0 Å². The zero-order chi connectivity index (χ0) is 12.3. The van der Waals surface area contributed by atoms with Crippen LogP contribution >= 0.6 is 27.3 Å². The molecule has 1 aromatic heterocycles. The lowest BCUT2D eigenvalue weighted by atomic mass is 10.2. The van der Waals surface area contributed by atoms with E-state index in [1.807, 2.05) is 17.4 Å². The van der Waals surface area contributed by atoms with Gasteiger partial charge in [-0.3, -0.25) is 0 Å². The summed E-state index contributed by atoms with van der Waals surface area (Å²) in [4.78, 5) is 2.81. The van der Waals surface area contributed by atoms with Gasteiger partial charge in [-0.25, -0.2) is 0 Å². The summed E-state index contributed by atoms with van der Waals surface area (Å²) < 4.78 is 1.17. The number of aryl methyl sites for hydroxylation is 2. The summed E-state index contributed by atoms with van der Waals surface area (Å²) in [5.74, 6) is 0. The Balaban J connectivity index is 1.92. The maximum Gasteiger partial charge on any atom is 0.0220 e. The second-order valence-corrected chi connectivity index (χ2v) is 6.45. The van der Waals surface area contributed by atoms with Crippen LogP contribution in [-0.2, 0) is 13.1 Å². The predicted molar refractivity (Wildman–Crippen MR) is 78.5 cm³/mol. The molecule has 0 aliphatic heterocycles. The van der Waals surface area contributed by atoms with Crippen molar-refractivity contribution in [3.8, 4) is 0 Å². The molecule has 0 saturated heterocycles. The normalized spacial score (nSPS) is 10.8. The minimum absolute atomic E-state index is 0.899. The monoisotopic (exact) mass is 309 g/mol. The van der Waals surface area contributed by atoms with Gasteiger partial charge in [0.05, 0.1) is 0 Å². The number of hydrogen-bond acceptors (Lipinski definition) is 2. The van der Waals surface area contributed by atoms with E-state index in [0.29, 0.717) is 0 Å². The second kappa shape index (κ2) is 5.80. The highest BCUT2D eigenvalue weighted by Crippen LogP contribution is 2.21. The third-order valence-corrected chi connectivity index (χ3v) is 4.51. The molecular weight excluding hydrogens is 294 g/mol. The number of rotatable bonds is 4. The van der Waals surface area contributed by atoms with E-state index in [0.717, 1.165) is 13.1 Å². The lowest BCUT2D eigenvalue weighted by Gasteiger charge is -2.06.